The van der Waals surface area contributed by atoms with Crippen LogP contribution in [-0.4, -0.2) is 42.0 Å². The molecule has 0 saturated carbocycles. The third kappa shape index (κ3) is 5.21. The zero-order valence-electron chi connectivity index (χ0n) is 15.7. The summed E-state index contributed by atoms with van der Waals surface area (Å²) in [6, 6.07) is 14.1. The Kier molecular flexibility index (Phi) is 7.78. The van der Waals surface area contributed by atoms with E-state index < -0.39 is 4.92 Å². The molecule has 2 aromatic carbocycles. The number of carbonyl (C=O) groups is 1. The van der Waals surface area contributed by atoms with Crippen LogP contribution in [0, 0.1) is 10.1 Å². The topological polar surface area (TPSA) is 84.7 Å². The summed E-state index contributed by atoms with van der Waals surface area (Å²) in [7, 11) is 0. The molecule has 3 rings (SSSR count). The van der Waals surface area contributed by atoms with E-state index in [1.54, 1.807) is 12.1 Å². The van der Waals surface area contributed by atoms with Crippen molar-refractivity contribution >= 4 is 24.0 Å². The Hall–Kier alpha value is -2.64. The number of hydrogen-bond donors (Lipinski definition) is 1. The fourth-order valence-electron chi connectivity index (χ4n) is 3.19. The number of nitro groups is 1. The monoisotopic (exact) mass is 405 g/mol. The fraction of sp³-hybridized carbons (Fsp3) is 0.350. The van der Waals surface area contributed by atoms with Crippen LogP contribution in [0.15, 0.2) is 48.5 Å². The van der Waals surface area contributed by atoms with Crippen LogP contribution < -0.4 is 10.1 Å². The number of ether oxygens (including phenoxy) is 1. The number of rotatable bonds is 6. The van der Waals surface area contributed by atoms with Gasteiger partial charge in [0, 0.05) is 25.7 Å². The molecule has 1 saturated heterocycles. The normalized spacial score (nSPS) is 16.2. The predicted octanol–water partition coefficient (Wildman–Crippen LogP) is 3.13. The number of nitro benzene ring substituents is 1. The maximum Gasteiger partial charge on any atom is 0.273 e. The van der Waals surface area contributed by atoms with Crippen molar-refractivity contribution < 1.29 is 14.5 Å². The number of aryl methyl sites for hydroxylation is 1. The minimum Gasteiger partial charge on any atom is -0.484 e. The predicted molar refractivity (Wildman–Crippen MR) is 109 cm³/mol. The highest BCUT2D eigenvalue weighted by Gasteiger charge is 2.28. The summed E-state index contributed by atoms with van der Waals surface area (Å²) in [6.45, 7) is 3.97. The van der Waals surface area contributed by atoms with Gasteiger partial charge in [0.15, 0.2) is 6.61 Å². The molecule has 150 valence electrons. The number of piperazine rings is 1. The molecular formula is C20H24ClN3O4. The first-order chi connectivity index (χ1) is 13.1. The summed E-state index contributed by atoms with van der Waals surface area (Å²) < 4.78 is 5.52. The molecule has 1 atom stereocenters. The van der Waals surface area contributed by atoms with Crippen molar-refractivity contribution in [2.45, 2.75) is 19.4 Å². The lowest BCUT2D eigenvalue weighted by Crippen LogP contribution is -2.50. The third-order valence-corrected chi connectivity index (χ3v) is 4.73. The molecule has 1 aliphatic heterocycles. The highest BCUT2D eigenvalue weighted by molar-refractivity contribution is 5.85. The molecule has 1 N–H and O–H groups in total. The van der Waals surface area contributed by atoms with Crippen molar-refractivity contribution in [1.29, 1.82) is 0 Å². The van der Waals surface area contributed by atoms with E-state index >= 15 is 0 Å². The van der Waals surface area contributed by atoms with Gasteiger partial charge in [0.25, 0.3) is 11.6 Å². The highest BCUT2D eigenvalue weighted by Crippen LogP contribution is 2.24. The van der Waals surface area contributed by atoms with E-state index in [1.165, 1.54) is 17.7 Å². The lowest BCUT2D eigenvalue weighted by Gasteiger charge is -2.36. The minimum absolute atomic E-state index is 0. The number of non-ortho nitro benzene ring substituents is 1. The molecule has 0 aromatic heterocycles. The Morgan fingerprint density at radius 3 is 2.71 bits per heavy atom. The number of hydrogen-bond acceptors (Lipinski definition) is 5. The number of carbonyl (C=O) groups excluding carboxylic acids is 1. The van der Waals surface area contributed by atoms with Crippen LogP contribution >= 0.6 is 12.4 Å². The number of nitrogens with zero attached hydrogens (tertiary/aromatic N) is 2. The SMILES string of the molecule is CCc1ccc(C2CNCCN2C(=O)COc2cccc([N+](=O)[O-])c2)cc1.Cl. The number of amides is 1. The second-order valence-corrected chi connectivity index (χ2v) is 6.45. The first-order valence-electron chi connectivity index (χ1n) is 9.04. The summed E-state index contributed by atoms with van der Waals surface area (Å²) >= 11 is 0. The Bertz CT molecular complexity index is 813. The summed E-state index contributed by atoms with van der Waals surface area (Å²) in [5.74, 6) is 0.184. The quantitative estimate of drug-likeness (QED) is 0.589. The van der Waals surface area contributed by atoms with Crippen molar-refractivity contribution in [1.82, 2.24) is 10.2 Å². The molecule has 0 aliphatic carbocycles. The molecule has 1 heterocycles. The zero-order valence-corrected chi connectivity index (χ0v) is 16.5. The van der Waals surface area contributed by atoms with Gasteiger partial charge in [0.1, 0.15) is 5.75 Å². The van der Waals surface area contributed by atoms with E-state index in [1.807, 2.05) is 4.90 Å². The van der Waals surface area contributed by atoms with E-state index in [0.29, 0.717) is 18.8 Å². The van der Waals surface area contributed by atoms with Crippen molar-refractivity contribution in [3.05, 3.63) is 69.8 Å². The number of halogens is 1. The average Bonchev–Trinajstić information content (AvgIpc) is 2.72. The molecular weight excluding hydrogens is 382 g/mol. The molecule has 0 radical (unpaired) electrons. The largest absolute Gasteiger partial charge is 0.484 e. The number of benzene rings is 2. The van der Waals surface area contributed by atoms with Crippen LogP contribution in [0.5, 0.6) is 5.75 Å². The van der Waals surface area contributed by atoms with Gasteiger partial charge in [-0.2, -0.15) is 0 Å². The maximum atomic E-state index is 12.7. The lowest BCUT2D eigenvalue weighted by molar-refractivity contribution is -0.384. The summed E-state index contributed by atoms with van der Waals surface area (Å²) in [5.41, 5.74) is 2.29. The van der Waals surface area contributed by atoms with Gasteiger partial charge in [-0.05, 0) is 23.6 Å². The summed E-state index contributed by atoms with van der Waals surface area (Å²) in [6.07, 6.45) is 0.975. The van der Waals surface area contributed by atoms with Crippen LogP contribution in [-0.2, 0) is 11.2 Å². The lowest BCUT2D eigenvalue weighted by atomic mass is 10.0. The van der Waals surface area contributed by atoms with Gasteiger partial charge >= 0.3 is 0 Å². The Morgan fingerprint density at radius 2 is 2.04 bits per heavy atom. The van der Waals surface area contributed by atoms with Crippen LogP contribution in [0.2, 0.25) is 0 Å². The second-order valence-electron chi connectivity index (χ2n) is 6.45. The van der Waals surface area contributed by atoms with Crippen LogP contribution in [0.3, 0.4) is 0 Å². The summed E-state index contributed by atoms with van der Waals surface area (Å²) in [5, 5.41) is 14.2. The van der Waals surface area contributed by atoms with Crippen molar-refractivity contribution in [2.24, 2.45) is 0 Å². The Balaban J connectivity index is 0.00000280. The van der Waals surface area contributed by atoms with Gasteiger partial charge in [-0.25, -0.2) is 0 Å². The Morgan fingerprint density at radius 1 is 1.29 bits per heavy atom. The van der Waals surface area contributed by atoms with E-state index in [2.05, 4.69) is 36.5 Å². The van der Waals surface area contributed by atoms with E-state index in [9.17, 15) is 14.9 Å². The second kappa shape index (κ2) is 10.1. The van der Waals surface area contributed by atoms with Gasteiger partial charge in [0.05, 0.1) is 17.0 Å². The smallest absolute Gasteiger partial charge is 0.273 e. The molecule has 1 unspecified atom stereocenters. The van der Waals surface area contributed by atoms with Gasteiger partial charge in [0.2, 0.25) is 0 Å². The van der Waals surface area contributed by atoms with Crippen LogP contribution in [0.1, 0.15) is 24.1 Å². The molecule has 2 aromatic rings. The van der Waals surface area contributed by atoms with E-state index in [0.717, 1.165) is 18.5 Å². The molecule has 1 amide bonds. The molecule has 0 spiro atoms. The number of nitrogens with one attached hydrogen (secondary N) is 1. The third-order valence-electron chi connectivity index (χ3n) is 4.73. The molecule has 1 aliphatic rings. The molecule has 28 heavy (non-hydrogen) atoms. The average molecular weight is 406 g/mol. The summed E-state index contributed by atoms with van der Waals surface area (Å²) in [4.78, 5) is 24.9. The minimum atomic E-state index is -0.485. The first kappa shape index (κ1) is 21.7. The van der Waals surface area contributed by atoms with Crippen LogP contribution in [0.25, 0.3) is 0 Å². The van der Waals surface area contributed by atoms with E-state index in [-0.39, 0.29) is 36.7 Å². The fourth-order valence-corrected chi connectivity index (χ4v) is 3.19. The van der Waals surface area contributed by atoms with Crippen LogP contribution in [0.4, 0.5) is 5.69 Å². The van der Waals surface area contributed by atoms with Crippen molar-refractivity contribution in [3.63, 3.8) is 0 Å². The van der Waals surface area contributed by atoms with Crippen molar-refractivity contribution in [3.8, 4) is 5.75 Å². The molecule has 7 nitrogen and oxygen atoms in total. The van der Waals surface area contributed by atoms with Gasteiger partial charge < -0.3 is 15.0 Å². The van der Waals surface area contributed by atoms with Crippen molar-refractivity contribution in [2.75, 3.05) is 26.2 Å². The molecule has 1 fully saturated rings. The zero-order chi connectivity index (χ0) is 19.2. The van der Waals surface area contributed by atoms with Gasteiger partial charge in [-0.3, -0.25) is 14.9 Å². The Labute approximate surface area is 170 Å². The van der Waals surface area contributed by atoms with Gasteiger partial charge in [-0.1, -0.05) is 37.3 Å². The molecule has 0 bridgehead atoms. The van der Waals surface area contributed by atoms with E-state index in [4.69, 9.17) is 4.74 Å². The molecule has 8 heteroatoms. The first-order valence-corrected chi connectivity index (χ1v) is 9.04. The highest BCUT2D eigenvalue weighted by atomic mass is 35.5. The standard InChI is InChI=1S/C20H23N3O4.ClH/c1-2-15-6-8-16(9-7-15)19-13-21-10-11-22(19)20(24)14-27-18-5-3-4-17(12-18)23(25)26;/h3-9,12,19,21H,2,10-11,13-14H2,1H3;1H. The van der Waals surface area contributed by atoms with Gasteiger partial charge in [-0.15, -0.1) is 12.4 Å². The maximum absolute atomic E-state index is 12.7.